The summed E-state index contributed by atoms with van der Waals surface area (Å²) in [5.41, 5.74) is 0.793. The molecule has 5 nitrogen and oxygen atoms in total. The maximum absolute atomic E-state index is 12.0. The third kappa shape index (κ3) is 2.06. The Hall–Kier alpha value is -1.95. The summed E-state index contributed by atoms with van der Waals surface area (Å²) >= 11 is 1.19. The zero-order valence-electron chi connectivity index (χ0n) is 9.50. The van der Waals surface area contributed by atoms with Crippen molar-refractivity contribution in [3.63, 3.8) is 0 Å². The molecule has 0 spiro atoms. The van der Waals surface area contributed by atoms with Gasteiger partial charge in [-0.3, -0.25) is 9.78 Å². The quantitative estimate of drug-likeness (QED) is 0.895. The van der Waals surface area contributed by atoms with E-state index in [4.69, 9.17) is 4.74 Å². The van der Waals surface area contributed by atoms with E-state index in [1.54, 1.807) is 18.5 Å². The summed E-state index contributed by atoms with van der Waals surface area (Å²) in [6, 6.07) is 5.31. The Morgan fingerprint density at radius 1 is 1.44 bits per heavy atom. The van der Waals surface area contributed by atoms with Crippen molar-refractivity contribution in [2.24, 2.45) is 0 Å². The van der Waals surface area contributed by atoms with Gasteiger partial charge in [-0.05, 0) is 29.7 Å². The van der Waals surface area contributed by atoms with Gasteiger partial charge < -0.3 is 10.1 Å². The Balaban J connectivity index is 1.80. The molecular formula is C12H11N3O2S. The van der Waals surface area contributed by atoms with Crippen LogP contribution in [0.3, 0.4) is 0 Å². The lowest BCUT2D eigenvalue weighted by Gasteiger charge is -2.25. The molecule has 0 saturated carbocycles. The van der Waals surface area contributed by atoms with Crippen LogP contribution in [0.15, 0.2) is 30.6 Å². The summed E-state index contributed by atoms with van der Waals surface area (Å²) in [4.78, 5) is 16.9. The predicted octanol–water partition coefficient (Wildman–Crippen LogP) is 1.79. The van der Waals surface area contributed by atoms with E-state index >= 15 is 0 Å². The molecule has 2 aromatic heterocycles. The van der Waals surface area contributed by atoms with E-state index in [9.17, 15) is 4.79 Å². The SMILES string of the molecule is O=C(NC1CCOc2cccnc21)c1ccns1. The van der Waals surface area contributed by atoms with Crippen molar-refractivity contribution in [2.75, 3.05) is 6.61 Å². The van der Waals surface area contributed by atoms with Gasteiger partial charge in [0.05, 0.1) is 12.6 Å². The third-order valence-electron chi connectivity index (χ3n) is 2.76. The Bertz CT molecular complexity index is 556. The number of rotatable bonds is 2. The number of hydrogen-bond acceptors (Lipinski definition) is 5. The average molecular weight is 261 g/mol. The summed E-state index contributed by atoms with van der Waals surface area (Å²) in [6.07, 6.45) is 4.06. The Morgan fingerprint density at radius 3 is 3.22 bits per heavy atom. The van der Waals surface area contributed by atoms with E-state index in [1.807, 2.05) is 12.1 Å². The summed E-state index contributed by atoms with van der Waals surface area (Å²) in [7, 11) is 0. The number of carbonyl (C=O) groups is 1. The molecule has 2 aromatic rings. The molecule has 0 radical (unpaired) electrons. The zero-order chi connectivity index (χ0) is 12.4. The van der Waals surface area contributed by atoms with E-state index in [1.165, 1.54) is 11.5 Å². The fourth-order valence-corrected chi connectivity index (χ4v) is 2.41. The van der Waals surface area contributed by atoms with E-state index in [0.29, 0.717) is 11.5 Å². The van der Waals surface area contributed by atoms with Crippen molar-refractivity contribution < 1.29 is 9.53 Å². The van der Waals surface area contributed by atoms with Gasteiger partial charge in [-0.25, -0.2) is 4.37 Å². The van der Waals surface area contributed by atoms with Gasteiger partial charge in [0.25, 0.3) is 5.91 Å². The first-order valence-corrected chi connectivity index (χ1v) is 6.41. The number of nitrogens with zero attached hydrogens (tertiary/aromatic N) is 2. The topological polar surface area (TPSA) is 64.1 Å². The predicted molar refractivity (Wildman–Crippen MR) is 66.7 cm³/mol. The van der Waals surface area contributed by atoms with Gasteiger partial charge in [-0.15, -0.1) is 0 Å². The molecule has 1 unspecified atom stereocenters. The molecule has 3 rings (SSSR count). The standard InChI is InChI=1S/C12H11N3O2S/c16-12(10-3-6-14-18-10)15-8-4-7-17-9-2-1-5-13-11(8)9/h1-3,5-6,8H,4,7H2,(H,15,16). The molecule has 1 amide bonds. The van der Waals surface area contributed by atoms with Crippen molar-refractivity contribution in [2.45, 2.75) is 12.5 Å². The molecule has 92 valence electrons. The minimum absolute atomic E-state index is 0.0930. The Labute approximate surface area is 108 Å². The third-order valence-corrected chi connectivity index (χ3v) is 3.51. The molecule has 3 heterocycles. The molecule has 1 N–H and O–H groups in total. The second kappa shape index (κ2) is 4.73. The van der Waals surface area contributed by atoms with Gasteiger partial charge in [0.15, 0.2) is 0 Å². The van der Waals surface area contributed by atoms with Crippen LogP contribution >= 0.6 is 11.5 Å². The first kappa shape index (κ1) is 11.2. The lowest BCUT2D eigenvalue weighted by atomic mass is 10.1. The highest BCUT2D eigenvalue weighted by Crippen LogP contribution is 2.29. The fourth-order valence-electron chi connectivity index (χ4n) is 1.91. The number of fused-ring (bicyclic) bond motifs is 1. The van der Waals surface area contributed by atoms with Crippen molar-refractivity contribution in [3.05, 3.63) is 41.2 Å². The second-order valence-electron chi connectivity index (χ2n) is 3.93. The van der Waals surface area contributed by atoms with Gasteiger partial charge >= 0.3 is 0 Å². The molecule has 1 aliphatic heterocycles. The van der Waals surface area contributed by atoms with Gasteiger partial charge in [0, 0.05) is 18.8 Å². The number of carbonyl (C=O) groups excluding carboxylic acids is 1. The van der Waals surface area contributed by atoms with Crippen LogP contribution in [0.25, 0.3) is 0 Å². The van der Waals surface area contributed by atoms with Crippen LogP contribution in [0.4, 0.5) is 0 Å². The van der Waals surface area contributed by atoms with Gasteiger partial charge in [-0.2, -0.15) is 0 Å². The molecular weight excluding hydrogens is 250 g/mol. The number of amides is 1. The molecule has 1 atom stereocenters. The Kier molecular flexibility index (Phi) is 2.93. The van der Waals surface area contributed by atoms with E-state index in [-0.39, 0.29) is 11.9 Å². The highest BCUT2D eigenvalue weighted by Gasteiger charge is 2.24. The van der Waals surface area contributed by atoms with Crippen LogP contribution in [-0.2, 0) is 0 Å². The molecule has 0 saturated heterocycles. The smallest absolute Gasteiger partial charge is 0.263 e. The number of aromatic nitrogens is 2. The number of hydrogen-bond donors (Lipinski definition) is 1. The molecule has 6 heteroatoms. The summed E-state index contributed by atoms with van der Waals surface area (Å²) in [5, 5.41) is 2.97. The number of nitrogens with one attached hydrogen (secondary N) is 1. The molecule has 0 aliphatic carbocycles. The first-order chi connectivity index (χ1) is 8.84. The van der Waals surface area contributed by atoms with Crippen LogP contribution in [0, 0.1) is 0 Å². The molecule has 0 aromatic carbocycles. The lowest BCUT2D eigenvalue weighted by Crippen LogP contribution is -2.32. The van der Waals surface area contributed by atoms with Gasteiger partial charge in [-0.1, -0.05) is 0 Å². The summed E-state index contributed by atoms with van der Waals surface area (Å²) in [6.45, 7) is 0.590. The molecule has 1 aliphatic rings. The van der Waals surface area contributed by atoms with Crippen LogP contribution in [0.2, 0.25) is 0 Å². The highest BCUT2D eigenvalue weighted by molar-refractivity contribution is 7.08. The zero-order valence-corrected chi connectivity index (χ0v) is 10.3. The highest BCUT2D eigenvalue weighted by atomic mass is 32.1. The summed E-state index contributed by atoms with van der Waals surface area (Å²) in [5.74, 6) is 0.638. The van der Waals surface area contributed by atoms with Crippen molar-refractivity contribution >= 4 is 17.4 Å². The van der Waals surface area contributed by atoms with Crippen molar-refractivity contribution in [1.82, 2.24) is 14.7 Å². The minimum Gasteiger partial charge on any atom is -0.491 e. The fraction of sp³-hybridized carbons (Fsp3) is 0.250. The normalized spacial score (nSPS) is 17.7. The van der Waals surface area contributed by atoms with Crippen LogP contribution in [0.5, 0.6) is 5.75 Å². The largest absolute Gasteiger partial charge is 0.491 e. The van der Waals surface area contributed by atoms with E-state index in [0.717, 1.165) is 17.9 Å². The maximum atomic E-state index is 12.0. The van der Waals surface area contributed by atoms with Gasteiger partial charge in [0.1, 0.15) is 16.3 Å². The van der Waals surface area contributed by atoms with Crippen LogP contribution in [-0.4, -0.2) is 21.9 Å². The monoisotopic (exact) mass is 261 g/mol. The molecule has 18 heavy (non-hydrogen) atoms. The van der Waals surface area contributed by atoms with E-state index < -0.39 is 0 Å². The minimum atomic E-state index is -0.110. The van der Waals surface area contributed by atoms with Gasteiger partial charge in [0.2, 0.25) is 0 Å². The van der Waals surface area contributed by atoms with Crippen LogP contribution in [0.1, 0.15) is 27.8 Å². The molecule has 0 fully saturated rings. The average Bonchev–Trinajstić information content (AvgIpc) is 2.93. The first-order valence-electron chi connectivity index (χ1n) is 5.64. The number of ether oxygens (including phenoxy) is 1. The lowest BCUT2D eigenvalue weighted by molar-refractivity contribution is 0.0927. The van der Waals surface area contributed by atoms with Crippen molar-refractivity contribution in [1.29, 1.82) is 0 Å². The Morgan fingerprint density at radius 2 is 2.39 bits per heavy atom. The maximum Gasteiger partial charge on any atom is 0.263 e. The summed E-state index contributed by atoms with van der Waals surface area (Å²) < 4.78 is 9.42. The number of pyridine rings is 1. The molecule has 0 bridgehead atoms. The van der Waals surface area contributed by atoms with Crippen LogP contribution < -0.4 is 10.1 Å². The van der Waals surface area contributed by atoms with E-state index in [2.05, 4.69) is 14.7 Å². The van der Waals surface area contributed by atoms with Crippen molar-refractivity contribution in [3.8, 4) is 5.75 Å². The second-order valence-corrected chi connectivity index (χ2v) is 4.76.